The van der Waals surface area contributed by atoms with Crippen LogP contribution in [-0.4, -0.2) is 7.05 Å². The first-order valence-electron chi connectivity index (χ1n) is 6.70. The fraction of sp³-hybridized carbons (Fsp3) is 0.294. The van der Waals surface area contributed by atoms with Crippen molar-refractivity contribution < 1.29 is 9.13 Å². The molecule has 0 bridgehead atoms. The van der Waals surface area contributed by atoms with Gasteiger partial charge in [0.2, 0.25) is 0 Å². The molecule has 0 aromatic heterocycles. The second kappa shape index (κ2) is 6.06. The molecule has 0 aliphatic rings. The summed E-state index contributed by atoms with van der Waals surface area (Å²) < 4.78 is 19.8. The summed E-state index contributed by atoms with van der Waals surface area (Å²) in [6.45, 7) is 6.53. The van der Waals surface area contributed by atoms with E-state index < -0.39 is 0 Å². The molecule has 2 rings (SSSR count). The molecule has 20 heavy (non-hydrogen) atoms. The number of hydrogen-bond acceptors (Lipinski definition) is 2. The molecule has 0 amide bonds. The zero-order valence-corrected chi connectivity index (χ0v) is 12.4. The Morgan fingerprint density at radius 3 is 2.55 bits per heavy atom. The Morgan fingerprint density at radius 2 is 1.85 bits per heavy atom. The van der Waals surface area contributed by atoms with E-state index in [1.54, 1.807) is 19.2 Å². The SMILES string of the molecule is CNCc1c(F)cccc1Oc1cc(C)cc(C)c1C. The molecular formula is C17H20FNO. The van der Waals surface area contributed by atoms with Crippen molar-refractivity contribution in [3.8, 4) is 11.5 Å². The highest BCUT2D eigenvalue weighted by atomic mass is 19.1. The van der Waals surface area contributed by atoms with Gasteiger partial charge in [-0.1, -0.05) is 12.1 Å². The van der Waals surface area contributed by atoms with Crippen molar-refractivity contribution in [3.05, 3.63) is 58.4 Å². The summed E-state index contributed by atoms with van der Waals surface area (Å²) in [5, 5.41) is 2.97. The fourth-order valence-electron chi connectivity index (χ4n) is 2.21. The molecule has 0 saturated carbocycles. The van der Waals surface area contributed by atoms with Crippen LogP contribution in [-0.2, 0) is 6.54 Å². The molecule has 2 aromatic rings. The maximum absolute atomic E-state index is 13.9. The van der Waals surface area contributed by atoms with E-state index in [-0.39, 0.29) is 5.82 Å². The van der Waals surface area contributed by atoms with E-state index in [0.717, 1.165) is 16.9 Å². The number of hydrogen-bond donors (Lipinski definition) is 1. The van der Waals surface area contributed by atoms with Gasteiger partial charge in [-0.2, -0.15) is 0 Å². The molecule has 0 radical (unpaired) electrons. The van der Waals surface area contributed by atoms with Crippen LogP contribution in [0.1, 0.15) is 22.3 Å². The monoisotopic (exact) mass is 273 g/mol. The summed E-state index contributed by atoms with van der Waals surface area (Å²) in [5.74, 6) is 1.09. The zero-order valence-electron chi connectivity index (χ0n) is 12.4. The van der Waals surface area contributed by atoms with Gasteiger partial charge >= 0.3 is 0 Å². The average molecular weight is 273 g/mol. The van der Waals surface area contributed by atoms with Crippen LogP contribution in [0.25, 0.3) is 0 Å². The maximum atomic E-state index is 13.9. The number of ether oxygens (including phenoxy) is 1. The molecule has 0 aliphatic carbocycles. The van der Waals surface area contributed by atoms with Crippen LogP contribution in [0.5, 0.6) is 11.5 Å². The van der Waals surface area contributed by atoms with Crippen molar-refractivity contribution in [2.75, 3.05) is 7.05 Å². The predicted octanol–water partition coefficient (Wildman–Crippen LogP) is 4.26. The fourth-order valence-corrected chi connectivity index (χ4v) is 2.21. The lowest BCUT2D eigenvalue weighted by Crippen LogP contribution is -2.08. The summed E-state index contributed by atoms with van der Waals surface area (Å²) in [6.07, 6.45) is 0. The average Bonchev–Trinajstić information content (AvgIpc) is 2.39. The molecule has 2 aromatic carbocycles. The lowest BCUT2D eigenvalue weighted by Gasteiger charge is -2.15. The Labute approximate surface area is 119 Å². The van der Waals surface area contributed by atoms with Crippen LogP contribution < -0.4 is 10.1 Å². The number of halogens is 1. The molecule has 2 nitrogen and oxygen atoms in total. The molecule has 0 spiro atoms. The summed E-state index contributed by atoms with van der Waals surface area (Å²) in [4.78, 5) is 0. The van der Waals surface area contributed by atoms with Crippen LogP contribution in [0.15, 0.2) is 30.3 Å². The lowest BCUT2D eigenvalue weighted by atomic mass is 10.1. The van der Waals surface area contributed by atoms with Gasteiger partial charge in [-0.25, -0.2) is 4.39 Å². The van der Waals surface area contributed by atoms with Gasteiger partial charge in [-0.05, 0) is 62.7 Å². The number of benzene rings is 2. The van der Waals surface area contributed by atoms with Gasteiger partial charge < -0.3 is 10.1 Å². The molecule has 0 atom stereocenters. The van der Waals surface area contributed by atoms with Crippen molar-refractivity contribution in [1.29, 1.82) is 0 Å². The van der Waals surface area contributed by atoms with Crippen molar-refractivity contribution in [2.45, 2.75) is 27.3 Å². The Kier molecular flexibility index (Phi) is 4.40. The van der Waals surface area contributed by atoms with Gasteiger partial charge in [0.05, 0.1) is 0 Å². The first-order valence-corrected chi connectivity index (χ1v) is 6.70. The highest BCUT2D eigenvalue weighted by Gasteiger charge is 2.12. The summed E-state index contributed by atoms with van der Waals surface area (Å²) in [6, 6.07) is 9.02. The highest BCUT2D eigenvalue weighted by Crippen LogP contribution is 2.31. The number of rotatable bonds is 4. The van der Waals surface area contributed by atoms with E-state index in [1.807, 2.05) is 19.9 Å². The van der Waals surface area contributed by atoms with Gasteiger partial charge in [0.15, 0.2) is 0 Å². The first-order chi connectivity index (χ1) is 9.52. The number of aryl methyl sites for hydroxylation is 2. The third-order valence-electron chi connectivity index (χ3n) is 3.41. The molecule has 0 aliphatic heterocycles. The van der Waals surface area contributed by atoms with Crippen molar-refractivity contribution >= 4 is 0 Å². The summed E-state index contributed by atoms with van der Waals surface area (Å²) in [7, 11) is 1.79. The Morgan fingerprint density at radius 1 is 1.10 bits per heavy atom. The van der Waals surface area contributed by atoms with Gasteiger partial charge in [-0.15, -0.1) is 0 Å². The lowest BCUT2D eigenvalue weighted by molar-refractivity contribution is 0.460. The van der Waals surface area contributed by atoms with Crippen LogP contribution in [0.2, 0.25) is 0 Å². The smallest absolute Gasteiger partial charge is 0.134 e. The van der Waals surface area contributed by atoms with Crippen LogP contribution in [0.4, 0.5) is 4.39 Å². The molecule has 3 heteroatoms. The molecule has 106 valence electrons. The van der Waals surface area contributed by atoms with Crippen LogP contribution in [0, 0.1) is 26.6 Å². The third-order valence-corrected chi connectivity index (χ3v) is 3.41. The summed E-state index contributed by atoms with van der Waals surface area (Å²) >= 11 is 0. The predicted molar refractivity (Wildman–Crippen MR) is 79.9 cm³/mol. The third kappa shape index (κ3) is 2.99. The van der Waals surface area contributed by atoms with Crippen LogP contribution >= 0.6 is 0 Å². The minimum Gasteiger partial charge on any atom is -0.457 e. The Hall–Kier alpha value is -1.87. The molecule has 0 unspecified atom stereocenters. The van der Waals surface area contributed by atoms with E-state index in [4.69, 9.17) is 4.74 Å². The Bertz CT molecular complexity index is 623. The van der Waals surface area contributed by atoms with Crippen molar-refractivity contribution in [1.82, 2.24) is 5.32 Å². The second-order valence-corrected chi connectivity index (χ2v) is 5.05. The standard InChI is InChI=1S/C17H20FNO/c1-11-8-12(2)13(3)17(9-11)20-16-7-5-6-15(18)14(16)10-19-4/h5-9,19H,10H2,1-4H3. The van der Waals surface area contributed by atoms with Gasteiger partial charge in [0, 0.05) is 12.1 Å². The van der Waals surface area contributed by atoms with E-state index in [0.29, 0.717) is 17.9 Å². The van der Waals surface area contributed by atoms with E-state index in [2.05, 4.69) is 18.3 Å². The molecule has 1 N–H and O–H groups in total. The minimum atomic E-state index is -0.251. The van der Waals surface area contributed by atoms with E-state index >= 15 is 0 Å². The van der Waals surface area contributed by atoms with Crippen molar-refractivity contribution in [2.24, 2.45) is 0 Å². The van der Waals surface area contributed by atoms with Crippen LogP contribution in [0.3, 0.4) is 0 Å². The maximum Gasteiger partial charge on any atom is 0.134 e. The van der Waals surface area contributed by atoms with E-state index in [9.17, 15) is 4.39 Å². The highest BCUT2D eigenvalue weighted by molar-refractivity contribution is 5.46. The van der Waals surface area contributed by atoms with Gasteiger partial charge in [-0.3, -0.25) is 0 Å². The molecular weight excluding hydrogens is 253 g/mol. The molecule has 0 heterocycles. The van der Waals surface area contributed by atoms with Gasteiger partial charge in [0.1, 0.15) is 17.3 Å². The molecule has 0 fully saturated rings. The quantitative estimate of drug-likeness (QED) is 0.898. The van der Waals surface area contributed by atoms with Crippen molar-refractivity contribution in [3.63, 3.8) is 0 Å². The second-order valence-electron chi connectivity index (χ2n) is 5.05. The zero-order chi connectivity index (χ0) is 14.7. The minimum absolute atomic E-state index is 0.251. The molecule has 0 saturated heterocycles. The topological polar surface area (TPSA) is 21.3 Å². The first kappa shape index (κ1) is 14.5. The van der Waals surface area contributed by atoms with Gasteiger partial charge in [0.25, 0.3) is 0 Å². The van der Waals surface area contributed by atoms with E-state index in [1.165, 1.54) is 11.6 Å². The normalized spacial score (nSPS) is 10.7. The Balaban J connectivity index is 2.42. The summed E-state index contributed by atoms with van der Waals surface area (Å²) in [5.41, 5.74) is 3.94. The largest absolute Gasteiger partial charge is 0.457 e. The number of nitrogens with one attached hydrogen (secondary N) is 1.